The van der Waals surface area contributed by atoms with Crippen molar-refractivity contribution in [2.24, 2.45) is 0 Å². The first-order valence-corrected chi connectivity index (χ1v) is 10.5. The maximum atomic E-state index is 12.0. The van der Waals surface area contributed by atoms with E-state index in [9.17, 15) is 9.13 Å². The van der Waals surface area contributed by atoms with Crippen molar-refractivity contribution in [2.75, 3.05) is 34.0 Å². The van der Waals surface area contributed by atoms with Crippen LogP contribution in [-0.4, -0.2) is 34.0 Å². The molecule has 0 rings (SSSR count). The second-order valence-electron chi connectivity index (χ2n) is 4.25. The molecule has 0 spiro atoms. The minimum Gasteiger partial charge on any atom is -0.412 e. The van der Waals surface area contributed by atoms with E-state index in [-0.39, 0.29) is 13.2 Å². The fourth-order valence-electron chi connectivity index (χ4n) is 1.49. The maximum Gasteiger partial charge on any atom is 0.528 e. The van der Waals surface area contributed by atoms with Crippen LogP contribution in [0.4, 0.5) is 0 Å². The number of phosphoric ester groups is 2. The summed E-state index contributed by atoms with van der Waals surface area (Å²) in [6.45, 7) is 4.31. The molecule has 0 aliphatic carbocycles. The highest BCUT2D eigenvalue weighted by Crippen LogP contribution is 2.49. The van der Waals surface area contributed by atoms with E-state index in [4.69, 9.17) is 18.1 Å². The first kappa shape index (κ1) is 22.8. The van der Waals surface area contributed by atoms with Crippen molar-refractivity contribution in [3.63, 3.8) is 0 Å². The van der Waals surface area contributed by atoms with Gasteiger partial charge in [0.2, 0.25) is 0 Å². The summed E-state index contributed by atoms with van der Waals surface area (Å²) < 4.78 is 52.9. The summed E-state index contributed by atoms with van der Waals surface area (Å²) in [5.41, 5.74) is 0. The zero-order valence-electron chi connectivity index (χ0n) is 14.3. The van der Waals surface area contributed by atoms with Gasteiger partial charge in [-0.1, -0.05) is 6.42 Å². The van der Waals surface area contributed by atoms with Gasteiger partial charge < -0.3 is 4.52 Å². The molecular weight excluding hydrogens is 346 g/mol. The van der Waals surface area contributed by atoms with E-state index >= 15 is 0 Å². The average molecular weight is 374 g/mol. The zero-order valence-corrected chi connectivity index (χ0v) is 16.1. The lowest BCUT2D eigenvalue weighted by atomic mass is 10.2. The number of unbranched alkanes of at least 4 members (excludes halogenated alkanes) is 3. The van der Waals surface area contributed by atoms with Crippen molar-refractivity contribution in [2.45, 2.75) is 39.5 Å². The highest BCUT2D eigenvalue weighted by Gasteiger charge is 2.24. The highest BCUT2D eigenvalue weighted by atomic mass is 31.2. The zero-order chi connectivity index (χ0) is 17.6. The minimum atomic E-state index is -3.45. The Balaban J connectivity index is 3.77. The van der Waals surface area contributed by atoms with E-state index < -0.39 is 15.6 Å². The first-order chi connectivity index (χ1) is 10.9. The maximum absolute atomic E-state index is 12.0. The van der Waals surface area contributed by atoms with E-state index in [0.717, 1.165) is 25.7 Å². The van der Waals surface area contributed by atoms with Crippen LogP contribution in [-0.2, 0) is 36.3 Å². The van der Waals surface area contributed by atoms with Gasteiger partial charge in [0.15, 0.2) is 0 Å². The summed E-state index contributed by atoms with van der Waals surface area (Å²) in [6.07, 6.45) is 6.25. The second kappa shape index (κ2) is 13.1. The van der Waals surface area contributed by atoms with Crippen LogP contribution in [0.2, 0.25) is 0 Å². The summed E-state index contributed by atoms with van der Waals surface area (Å²) in [7, 11) is -4.35. The van der Waals surface area contributed by atoms with Crippen molar-refractivity contribution in [3.8, 4) is 0 Å². The van der Waals surface area contributed by atoms with Crippen molar-refractivity contribution >= 4 is 15.6 Å². The smallest absolute Gasteiger partial charge is 0.412 e. The van der Waals surface area contributed by atoms with Crippen LogP contribution in [0, 0.1) is 0 Å². The topological polar surface area (TPSA) is 89.5 Å². The van der Waals surface area contributed by atoms with Crippen LogP contribution in [0.1, 0.15) is 39.5 Å². The first-order valence-electron chi connectivity index (χ1n) is 7.53. The predicted molar refractivity (Wildman–Crippen MR) is 87.1 cm³/mol. The van der Waals surface area contributed by atoms with Crippen LogP contribution < -0.4 is 0 Å². The number of hydrogen-bond donors (Lipinski definition) is 0. The SMILES string of the molecule is CCOP(=O)(OCC)OCCCCC/C=C/OP(=O)(OC)OC. The third-order valence-corrected chi connectivity index (χ3v) is 5.49. The molecular formula is C13H28O8P2. The van der Waals surface area contributed by atoms with Gasteiger partial charge in [-0.15, -0.1) is 0 Å². The van der Waals surface area contributed by atoms with Gasteiger partial charge in [0.05, 0.1) is 26.1 Å². The number of phosphoric acid groups is 2. The fourth-order valence-corrected chi connectivity index (χ4v) is 3.26. The van der Waals surface area contributed by atoms with Crippen molar-refractivity contribution in [1.29, 1.82) is 0 Å². The summed E-state index contributed by atoms with van der Waals surface area (Å²) in [6, 6.07) is 0. The quantitative estimate of drug-likeness (QED) is 0.232. The second-order valence-corrected chi connectivity index (χ2v) is 7.76. The molecule has 0 radical (unpaired) electrons. The average Bonchev–Trinajstić information content (AvgIpc) is 2.53. The molecule has 0 unspecified atom stereocenters. The van der Waals surface area contributed by atoms with E-state index in [1.54, 1.807) is 19.9 Å². The molecule has 0 heterocycles. The van der Waals surface area contributed by atoms with Crippen LogP contribution in [0.5, 0.6) is 0 Å². The van der Waals surface area contributed by atoms with Gasteiger partial charge in [0.25, 0.3) is 0 Å². The summed E-state index contributed by atoms with van der Waals surface area (Å²) >= 11 is 0. The molecule has 0 aliphatic rings. The monoisotopic (exact) mass is 374 g/mol. The minimum absolute atomic E-state index is 0.273. The molecule has 0 fully saturated rings. The normalized spacial score (nSPS) is 12.9. The lowest BCUT2D eigenvalue weighted by molar-refractivity contribution is 0.120. The Kier molecular flexibility index (Phi) is 13.0. The lowest BCUT2D eigenvalue weighted by Gasteiger charge is -2.16. The largest absolute Gasteiger partial charge is 0.528 e. The van der Waals surface area contributed by atoms with Crippen molar-refractivity contribution < 1.29 is 36.3 Å². The lowest BCUT2D eigenvalue weighted by Crippen LogP contribution is -2.01. The number of rotatable bonds is 15. The molecule has 0 aliphatic heterocycles. The molecule has 0 saturated carbocycles. The molecule has 0 saturated heterocycles. The molecule has 10 heteroatoms. The van der Waals surface area contributed by atoms with Crippen molar-refractivity contribution in [3.05, 3.63) is 12.3 Å². The number of hydrogen-bond acceptors (Lipinski definition) is 8. The van der Waals surface area contributed by atoms with Gasteiger partial charge in [0, 0.05) is 14.2 Å². The molecule has 0 aromatic carbocycles. The van der Waals surface area contributed by atoms with E-state index in [2.05, 4.69) is 9.05 Å². The van der Waals surface area contributed by atoms with Crippen LogP contribution >= 0.6 is 15.6 Å². The molecule has 0 aromatic rings. The van der Waals surface area contributed by atoms with Gasteiger partial charge in [-0.05, 0) is 39.2 Å². The van der Waals surface area contributed by atoms with Crippen molar-refractivity contribution in [1.82, 2.24) is 0 Å². The predicted octanol–water partition coefficient (Wildman–Crippen LogP) is 4.68. The van der Waals surface area contributed by atoms with Crippen LogP contribution in [0.25, 0.3) is 0 Å². The Morgan fingerprint density at radius 1 is 0.826 bits per heavy atom. The summed E-state index contributed by atoms with van der Waals surface area (Å²) in [4.78, 5) is 0. The number of allylic oxidation sites excluding steroid dienone is 1. The van der Waals surface area contributed by atoms with Gasteiger partial charge in [-0.3, -0.25) is 22.6 Å². The van der Waals surface area contributed by atoms with E-state index in [1.165, 1.54) is 20.5 Å². The molecule has 0 amide bonds. The Morgan fingerprint density at radius 3 is 1.96 bits per heavy atom. The molecule has 0 N–H and O–H groups in total. The Morgan fingerprint density at radius 2 is 1.43 bits per heavy atom. The Bertz CT molecular complexity index is 395. The van der Waals surface area contributed by atoms with Gasteiger partial charge >= 0.3 is 15.6 Å². The third kappa shape index (κ3) is 11.1. The van der Waals surface area contributed by atoms with Gasteiger partial charge in [0.1, 0.15) is 0 Å². The van der Waals surface area contributed by atoms with Crippen LogP contribution in [0.3, 0.4) is 0 Å². The summed E-state index contributed by atoms with van der Waals surface area (Å²) in [5.74, 6) is 0. The third-order valence-electron chi connectivity index (χ3n) is 2.57. The van der Waals surface area contributed by atoms with E-state index in [0.29, 0.717) is 6.61 Å². The molecule has 8 nitrogen and oxygen atoms in total. The standard InChI is InChI=1S/C13H28O8P2/c1-5-18-23(15,19-6-2)21-13-11-9-7-8-10-12-20-22(14,16-3)17-4/h10,12H,5-9,11,13H2,1-4H3/b12-10+. The van der Waals surface area contributed by atoms with E-state index in [1.807, 2.05) is 0 Å². The molecule has 0 aromatic heterocycles. The molecule has 0 bridgehead atoms. The van der Waals surface area contributed by atoms with Gasteiger partial charge in [-0.25, -0.2) is 9.13 Å². The molecule has 138 valence electrons. The highest BCUT2D eigenvalue weighted by molar-refractivity contribution is 7.48. The summed E-state index contributed by atoms with van der Waals surface area (Å²) in [5, 5.41) is 0. The molecule has 0 atom stereocenters. The Labute approximate surface area is 138 Å². The van der Waals surface area contributed by atoms with Crippen LogP contribution in [0.15, 0.2) is 12.3 Å². The Hall–Kier alpha value is -0.200. The fraction of sp³-hybridized carbons (Fsp3) is 0.846. The van der Waals surface area contributed by atoms with Gasteiger partial charge in [-0.2, -0.15) is 0 Å². The molecule has 23 heavy (non-hydrogen) atoms.